The molecule has 1 atom stereocenters. The molecular formula is C10H12N2O2S. The van der Waals surface area contributed by atoms with E-state index in [1.54, 1.807) is 6.07 Å². The smallest absolute Gasteiger partial charge is 0.306 e. The van der Waals surface area contributed by atoms with Crippen molar-refractivity contribution in [2.24, 2.45) is 0 Å². The van der Waals surface area contributed by atoms with E-state index in [2.05, 4.69) is 4.98 Å². The number of rotatable bonds is 2. The molecule has 0 radical (unpaired) electrons. The van der Waals surface area contributed by atoms with Crippen molar-refractivity contribution >= 4 is 21.6 Å². The SMILES string of the molecule is CCC(C)n1c(=O)[nH]c2ccsc2c1=O. The summed E-state index contributed by atoms with van der Waals surface area (Å²) < 4.78 is 1.91. The maximum absolute atomic E-state index is 12.0. The molecule has 0 saturated carbocycles. The lowest BCUT2D eigenvalue weighted by Gasteiger charge is -2.10. The van der Waals surface area contributed by atoms with Gasteiger partial charge in [-0.2, -0.15) is 0 Å². The van der Waals surface area contributed by atoms with Gasteiger partial charge in [-0.25, -0.2) is 4.79 Å². The second kappa shape index (κ2) is 3.66. The van der Waals surface area contributed by atoms with Crippen LogP contribution in [0.25, 0.3) is 10.2 Å². The lowest BCUT2D eigenvalue weighted by molar-refractivity contribution is 0.495. The highest BCUT2D eigenvalue weighted by Crippen LogP contribution is 2.13. The summed E-state index contributed by atoms with van der Waals surface area (Å²) in [5.41, 5.74) is 0.132. The van der Waals surface area contributed by atoms with Gasteiger partial charge in [-0.1, -0.05) is 6.92 Å². The normalized spacial score (nSPS) is 13.2. The van der Waals surface area contributed by atoms with Gasteiger partial charge < -0.3 is 4.98 Å². The van der Waals surface area contributed by atoms with Crippen LogP contribution < -0.4 is 11.2 Å². The molecule has 0 fully saturated rings. The fraction of sp³-hybridized carbons (Fsp3) is 0.400. The Labute approximate surface area is 90.2 Å². The molecule has 1 unspecified atom stereocenters. The predicted octanol–water partition coefficient (Wildman–Crippen LogP) is 1.72. The second-order valence-electron chi connectivity index (χ2n) is 3.53. The number of H-pyrrole nitrogens is 1. The molecular weight excluding hydrogens is 212 g/mol. The Balaban J connectivity index is 2.85. The minimum Gasteiger partial charge on any atom is -0.306 e. The molecule has 4 nitrogen and oxygen atoms in total. The predicted molar refractivity (Wildman–Crippen MR) is 61.7 cm³/mol. The van der Waals surface area contributed by atoms with E-state index in [0.717, 1.165) is 6.42 Å². The number of hydrogen-bond acceptors (Lipinski definition) is 3. The van der Waals surface area contributed by atoms with E-state index in [1.165, 1.54) is 15.9 Å². The van der Waals surface area contributed by atoms with Crippen LogP contribution in [0.3, 0.4) is 0 Å². The van der Waals surface area contributed by atoms with Gasteiger partial charge in [-0.3, -0.25) is 9.36 Å². The summed E-state index contributed by atoms with van der Waals surface area (Å²) in [5, 5.41) is 1.81. The molecule has 0 saturated heterocycles. The van der Waals surface area contributed by atoms with Gasteiger partial charge in [0.05, 0.1) is 5.52 Å². The molecule has 0 aliphatic carbocycles. The first-order chi connectivity index (χ1) is 7.15. The Morgan fingerprint density at radius 1 is 1.53 bits per heavy atom. The first-order valence-corrected chi connectivity index (χ1v) is 5.75. The van der Waals surface area contributed by atoms with Gasteiger partial charge in [0, 0.05) is 6.04 Å². The highest BCUT2D eigenvalue weighted by molar-refractivity contribution is 7.17. The van der Waals surface area contributed by atoms with E-state index in [4.69, 9.17) is 0 Å². The summed E-state index contributed by atoms with van der Waals surface area (Å²) in [5.74, 6) is 0. The molecule has 2 aromatic rings. The lowest BCUT2D eigenvalue weighted by Crippen LogP contribution is -2.36. The van der Waals surface area contributed by atoms with Gasteiger partial charge in [0.1, 0.15) is 4.70 Å². The van der Waals surface area contributed by atoms with Crippen LogP contribution in [0.1, 0.15) is 26.3 Å². The molecule has 0 aliphatic rings. The molecule has 2 aromatic heterocycles. The molecule has 15 heavy (non-hydrogen) atoms. The van der Waals surface area contributed by atoms with Crippen LogP contribution in [0.2, 0.25) is 0 Å². The third kappa shape index (κ3) is 1.52. The molecule has 0 aromatic carbocycles. The Bertz CT molecular complexity index is 593. The third-order valence-corrected chi connectivity index (χ3v) is 3.47. The molecule has 0 amide bonds. The summed E-state index contributed by atoms with van der Waals surface area (Å²) in [4.78, 5) is 26.3. The minimum atomic E-state index is -0.319. The van der Waals surface area contributed by atoms with E-state index < -0.39 is 0 Å². The largest absolute Gasteiger partial charge is 0.329 e. The summed E-state index contributed by atoms with van der Waals surface area (Å²) in [6.07, 6.45) is 0.764. The van der Waals surface area contributed by atoms with E-state index in [-0.39, 0.29) is 17.3 Å². The van der Waals surface area contributed by atoms with Crippen molar-refractivity contribution in [1.29, 1.82) is 0 Å². The zero-order valence-corrected chi connectivity index (χ0v) is 9.43. The number of aromatic amines is 1. The minimum absolute atomic E-state index is 0.0623. The van der Waals surface area contributed by atoms with E-state index >= 15 is 0 Å². The summed E-state index contributed by atoms with van der Waals surface area (Å²) in [6, 6.07) is 1.69. The number of fused-ring (bicyclic) bond motifs is 1. The van der Waals surface area contributed by atoms with Crippen LogP contribution in [0, 0.1) is 0 Å². The van der Waals surface area contributed by atoms with E-state index in [9.17, 15) is 9.59 Å². The van der Waals surface area contributed by atoms with Gasteiger partial charge in [-0.05, 0) is 24.8 Å². The van der Waals surface area contributed by atoms with Crippen molar-refractivity contribution in [3.63, 3.8) is 0 Å². The fourth-order valence-corrected chi connectivity index (χ4v) is 2.32. The Morgan fingerprint density at radius 3 is 2.93 bits per heavy atom. The summed E-state index contributed by atoms with van der Waals surface area (Å²) in [7, 11) is 0. The molecule has 0 bridgehead atoms. The van der Waals surface area contributed by atoms with Crippen LogP contribution in [-0.4, -0.2) is 9.55 Å². The molecule has 80 valence electrons. The van der Waals surface area contributed by atoms with Crippen LogP contribution in [0.4, 0.5) is 0 Å². The zero-order valence-electron chi connectivity index (χ0n) is 8.61. The molecule has 2 rings (SSSR count). The highest BCUT2D eigenvalue weighted by atomic mass is 32.1. The summed E-state index contributed by atoms with van der Waals surface area (Å²) >= 11 is 1.36. The van der Waals surface area contributed by atoms with Crippen molar-refractivity contribution < 1.29 is 0 Å². The number of nitrogens with zero attached hydrogens (tertiary/aromatic N) is 1. The van der Waals surface area contributed by atoms with Crippen LogP contribution in [0.15, 0.2) is 21.0 Å². The quantitative estimate of drug-likeness (QED) is 0.844. The standard InChI is InChI=1S/C10H12N2O2S/c1-3-6(2)12-9(13)8-7(4-5-15-8)11-10(12)14/h4-6H,3H2,1-2H3,(H,11,14). The van der Waals surface area contributed by atoms with Gasteiger partial charge in [0.25, 0.3) is 5.56 Å². The van der Waals surface area contributed by atoms with Crippen LogP contribution in [-0.2, 0) is 0 Å². The molecule has 2 heterocycles. The highest BCUT2D eigenvalue weighted by Gasteiger charge is 2.12. The monoisotopic (exact) mass is 224 g/mol. The summed E-state index contributed by atoms with van der Waals surface area (Å²) in [6.45, 7) is 3.82. The fourth-order valence-electron chi connectivity index (χ4n) is 1.53. The Morgan fingerprint density at radius 2 is 2.27 bits per heavy atom. The Hall–Kier alpha value is -1.36. The van der Waals surface area contributed by atoms with E-state index in [0.29, 0.717) is 10.2 Å². The zero-order chi connectivity index (χ0) is 11.0. The lowest BCUT2D eigenvalue weighted by atomic mass is 10.2. The topological polar surface area (TPSA) is 54.9 Å². The van der Waals surface area contributed by atoms with Crippen molar-refractivity contribution in [2.75, 3.05) is 0 Å². The van der Waals surface area contributed by atoms with Crippen LogP contribution >= 0.6 is 11.3 Å². The van der Waals surface area contributed by atoms with Crippen molar-refractivity contribution in [3.8, 4) is 0 Å². The van der Waals surface area contributed by atoms with Crippen molar-refractivity contribution in [1.82, 2.24) is 9.55 Å². The molecule has 1 N–H and O–H groups in total. The molecule has 0 spiro atoms. The molecule has 5 heteroatoms. The maximum Gasteiger partial charge on any atom is 0.329 e. The van der Waals surface area contributed by atoms with Gasteiger partial charge >= 0.3 is 5.69 Å². The first-order valence-electron chi connectivity index (χ1n) is 4.87. The average Bonchev–Trinajstić information content (AvgIpc) is 2.65. The third-order valence-electron chi connectivity index (χ3n) is 2.57. The average molecular weight is 224 g/mol. The van der Waals surface area contributed by atoms with Crippen LogP contribution in [0.5, 0.6) is 0 Å². The maximum atomic E-state index is 12.0. The van der Waals surface area contributed by atoms with Crippen molar-refractivity contribution in [2.45, 2.75) is 26.3 Å². The van der Waals surface area contributed by atoms with Crippen molar-refractivity contribution in [3.05, 3.63) is 32.3 Å². The van der Waals surface area contributed by atoms with Gasteiger partial charge in [0.2, 0.25) is 0 Å². The number of thiophene rings is 1. The van der Waals surface area contributed by atoms with Gasteiger partial charge in [-0.15, -0.1) is 11.3 Å². The second-order valence-corrected chi connectivity index (χ2v) is 4.44. The number of nitrogens with one attached hydrogen (secondary N) is 1. The molecule has 0 aliphatic heterocycles. The Kier molecular flexibility index (Phi) is 2.48. The first kappa shape index (κ1) is 10.2. The van der Waals surface area contributed by atoms with E-state index in [1.807, 2.05) is 19.2 Å². The number of aromatic nitrogens is 2. The van der Waals surface area contributed by atoms with Gasteiger partial charge in [0.15, 0.2) is 0 Å². The number of hydrogen-bond donors (Lipinski definition) is 1.